The molecule has 1 N–H and O–H groups in total. The lowest BCUT2D eigenvalue weighted by Gasteiger charge is -2.39. The second kappa shape index (κ2) is 10.5. The van der Waals surface area contributed by atoms with Gasteiger partial charge < -0.3 is 24.0 Å². The monoisotopic (exact) mass is 617 g/mol. The van der Waals surface area contributed by atoms with Gasteiger partial charge in [-0.2, -0.15) is 0 Å². The number of halogens is 4. The van der Waals surface area contributed by atoms with E-state index in [2.05, 4.69) is 26.7 Å². The van der Waals surface area contributed by atoms with Crippen molar-refractivity contribution in [2.75, 3.05) is 4.90 Å². The lowest BCUT2D eigenvalue weighted by atomic mass is 9.97. The minimum Gasteiger partial charge on any atom is -0.478 e. The molecule has 2 bridgehead atoms. The van der Waals surface area contributed by atoms with Crippen LogP contribution in [0.3, 0.4) is 0 Å². The van der Waals surface area contributed by atoms with Crippen LogP contribution >= 0.6 is 11.3 Å². The summed E-state index contributed by atoms with van der Waals surface area (Å²) in [6.45, 7) is 2.30. The number of piperidine rings is 1. The van der Waals surface area contributed by atoms with Gasteiger partial charge in [-0.25, -0.2) is 14.2 Å². The first-order valence-electron chi connectivity index (χ1n) is 14.1. The Bertz CT molecular complexity index is 1700. The van der Waals surface area contributed by atoms with Gasteiger partial charge in [0.25, 0.3) is 0 Å². The van der Waals surface area contributed by atoms with Gasteiger partial charge >= 0.3 is 12.3 Å². The van der Waals surface area contributed by atoms with Crippen molar-refractivity contribution >= 4 is 32.7 Å². The number of para-hydroxylation sites is 1. The lowest BCUT2D eigenvalue weighted by molar-refractivity contribution is -0.274. The number of rotatable bonds is 8. The van der Waals surface area contributed by atoms with Gasteiger partial charge in [0.15, 0.2) is 10.9 Å². The second-order valence-corrected chi connectivity index (χ2v) is 12.6. The summed E-state index contributed by atoms with van der Waals surface area (Å²) >= 11 is 1.29. The molecule has 2 unspecified atom stereocenters. The third-order valence-corrected chi connectivity index (χ3v) is 9.61. The molecule has 0 radical (unpaired) electrons. The zero-order valence-corrected chi connectivity index (χ0v) is 23.8. The van der Waals surface area contributed by atoms with E-state index in [0.717, 1.165) is 25.3 Å². The lowest BCUT2D eigenvalue weighted by Crippen LogP contribution is -2.46. The van der Waals surface area contributed by atoms with Gasteiger partial charge in [-0.3, -0.25) is 0 Å². The standard InChI is InChI=1S/C30H27F4N3O5S/c1-14-8-17-11-18(12-22(14)37(17)29-35-26-21(31)9-16(28(38)39)10-24(26)43-29)40-13-20-25(36-42-27(20)15-6-7-15)19-4-2-3-5-23(19)41-30(32,33)34/h2-5,9-10,14-15,17-18,22H,6-8,11-13H2,1H3,(H,38,39)/t14-,17?,18+,22?/m1/s1. The van der Waals surface area contributed by atoms with E-state index in [4.69, 9.17) is 9.26 Å². The van der Waals surface area contributed by atoms with E-state index in [1.165, 1.54) is 35.6 Å². The van der Waals surface area contributed by atoms with Gasteiger partial charge in [-0.15, -0.1) is 13.2 Å². The third-order valence-electron chi connectivity index (χ3n) is 8.59. The van der Waals surface area contributed by atoms with Crippen LogP contribution in [0.4, 0.5) is 22.7 Å². The fraction of sp³-hybridized carbons (Fsp3) is 0.433. The molecule has 2 aliphatic heterocycles. The zero-order chi connectivity index (χ0) is 30.0. The normalized spacial score (nSPS) is 23.7. The van der Waals surface area contributed by atoms with Crippen molar-refractivity contribution in [1.29, 1.82) is 0 Å². The van der Waals surface area contributed by atoms with Crippen molar-refractivity contribution < 1.29 is 41.5 Å². The molecule has 4 heterocycles. The Hall–Kier alpha value is -3.71. The molecule has 3 fully saturated rings. The molecular weight excluding hydrogens is 590 g/mol. The minimum absolute atomic E-state index is 0.0806. The number of carboxylic acid groups (broad SMARTS) is 1. The van der Waals surface area contributed by atoms with Crippen molar-refractivity contribution in [2.24, 2.45) is 5.92 Å². The number of aromatic nitrogens is 2. The van der Waals surface area contributed by atoms with Crippen molar-refractivity contribution in [3.05, 3.63) is 59.1 Å². The number of hydrogen-bond donors (Lipinski definition) is 1. The SMILES string of the molecule is C[C@@H]1CC2C[C@H](OCc3c(-c4ccccc4OC(F)(F)F)noc3C3CC3)CC1N2c1nc2c(F)cc(C(=O)O)cc2s1. The zero-order valence-electron chi connectivity index (χ0n) is 22.9. The number of carbonyl (C=O) groups is 1. The molecule has 2 aromatic heterocycles. The molecule has 0 amide bonds. The van der Waals surface area contributed by atoms with E-state index >= 15 is 0 Å². The molecule has 0 spiro atoms. The fourth-order valence-electron chi connectivity index (χ4n) is 6.53. The highest BCUT2D eigenvalue weighted by Crippen LogP contribution is 2.48. The summed E-state index contributed by atoms with van der Waals surface area (Å²) in [5.41, 5.74) is 1.16. The highest BCUT2D eigenvalue weighted by atomic mass is 32.1. The predicted octanol–water partition coefficient (Wildman–Crippen LogP) is 7.53. The topological polar surface area (TPSA) is 97.9 Å². The first kappa shape index (κ1) is 28.1. The van der Waals surface area contributed by atoms with Crippen LogP contribution in [0.15, 0.2) is 40.9 Å². The molecule has 4 atom stereocenters. The quantitative estimate of drug-likeness (QED) is 0.203. The molecule has 43 heavy (non-hydrogen) atoms. The van der Waals surface area contributed by atoms with Crippen LogP contribution in [0.5, 0.6) is 5.75 Å². The highest BCUT2D eigenvalue weighted by Gasteiger charge is 2.47. The maximum absolute atomic E-state index is 14.7. The third kappa shape index (κ3) is 5.33. The number of thiazole rings is 1. The van der Waals surface area contributed by atoms with Crippen molar-refractivity contribution in [1.82, 2.24) is 10.1 Å². The van der Waals surface area contributed by atoms with Crippen LogP contribution < -0.4 is 9.64 Å². The second-order valence-electron chi connectivity index (χ2n) is 11.5. The van der Waals surface area contributed by atoms with Crippen LogP contribution in [0.2, 0.25) is 0 Å². The first-order valence-corrected chi connectivity index (χ1v) is 14.9. The van der Waals surface area contributed by atoms with E-state index in [0.29, 0.717) is 39.9 Å². The van der Waals surface area contributed by atoms with Gasteiger partial charge in [0, 0.05) is 29.1 Å². The van der Waals surface area contributed by atoms with Gasteiger partial charge in [-0.05, 0) is 62.3 Å². The maximum atomic E-state index is 14.7. The molecular formula is C30H27F4N3O5S. The van der Waals surface area contributed by atoms with Gasteiger partial charge in [0.05, 0.1) is 23.0 Å². The molecule has 3 aliphatic rings. The number of hydrogen-bond acceptors (Lipinski definition) is 8. The highest BCUT2D eigenvalue weighted by molar-refractivity contribution is 7.22. The van der Waals surface area contributed by atoms with Gasteiger partial charge in [-0.1, -0.05) is 35.5 Å². The number of benzene rings is 2. The van der Waals surface area contributed by atoms with E-state index < -0.39 is 18.1 Å². The van der Waals surface area contributed by atoms with Crippen LogP contribution in [0.1, 0.15) is 66.6 Å². The summed E-state index contributed by atoms with van der Waals surface area (Å²) in [4.78, 5) is 18.2. The molecule has 2 aromatic carbocycles. The van der Waals surface area contributed by atoms with Gasteiger partial charge in [0.1, 0.15) is 22.7 Å². The molecule has 1 saturated carbocycles. The Balaban J connectivity index is 1.12. The summed E-state index contributed by atoms with van der Waals surface area (Å²) in [6, 6.07) is 8.49. The number of aromatic carboxylic acids is 1. The first-order chi connectivity index (χ1) is 20.6. The number of ether oxygens (including phenoxy) is 2. The number of nitrogens with zero attached hydrogens (tertiary/aromatic N) is 3. The average Bonchev–Trinajstić information content (AvgIpc) is 3.49. The Labute approximate surface area is 247 Å². The predicted molar refractivity (Wildman–Crippen MR) is 149 cm³/mol. The van der Waals surface area contributed by atoms with Crippen molar-refractivity contribution in [2.45, 2.75) is 76.1 Å². The smallest absolute Gasteiger partial charge is 0.478 e. The number of anilines is 1. The van der Waals surface area contributed by atoms with E-state index in [1.54, 1.807) is 6.07 Å². The maximum Gasteiger partial charge on any atom is 0.573 e. The summed E-state index contributed by atoms with van der Waals surface area (Å²) in [5.74, 6) is -1.08. The fourth-order valence-corrected chi connectivity index (χ4v) is 7.68. The van der Waals surface area contributed by atoms with E-state index in [1.807, 2.05) is 0 Å². The molecule has 4 aromatic rings. The number of fused-ring (bicyclic) bond motifs is 3. The largest absolute Gasteiger partial charge is 0.573 e. The van der Waals surface area contributed by atoms with Crippen LogP contribution in [0, 0.1) is 11.7 Å². The average molecular weight is 618 g/mol. The summed E-state index contributed by atoms with van der Waals surface area (Å²) in [7, 11) is 0. The Morgan fingerprint density at radius 2 is 1.98 bits per heavy atom. The van der Waals surface area contributed by atoms with Crippen LogP contribution in [-0.2, 0) is 11.3 Å². The molecule has 2 saturated heterocycles. The minimum atomic E-state index is -4.85. The van der Waals surface area contributed by atoms with E-state index in [9.17, 15) is 27.5 Å². The Kier molecular flexibility index (Phi) is 6.84. The summed E-state index contributed by atoms with van der Waals surface area (Å²) in [5, 5.41) is 14.2. The molecule has 7 rings (SSSR count). The molecule has 1 aliphatic carbocycles. The molecule has 8 nitrogen and oxygen atoms in total. The number of carboxylic acids is 1. The van der Waals surface area contributed by atoms with Gasteiger partial charge in [0.2, 0.25) is 0 Å². The summed E-state index contributed by atoms with van der Waals surface area (Å²) in [6.07, 6.45) is -0.878. The van der Waals surface area contributed by atoms with E-state index in [-0.39, 0.29) is 58.8 Å². The van der Waals surface area contributed by atoms with Crippen molar-refractivity contribution in [3.8, 4) is 17.0 Å². The Morgan fingerprint density at radius 1 is 1.19 bits per heavy atom. The Morgan fingerprint density at radius 3 is 2.70 bits per heavy atom. The van der Waals surface area contributed by atoms with Crippen LogP contribution in [-0.4, -0.2) is 45.8 Å². The number of alkyl halides is 3. The molecule has 13 heteroatoms. The molecule has 226 valence electrons. The van der Waals surface area contributed by atoms with Crippen molar-refractivity contribution in [3.63, 3.8) is 0 Å². The van der Waals surface area contributed by atoms with Crippen LogP contribution in [0.25, 0.3) is 21.5 Å². The summed E-state index contributed by atoms with van der Waals surface area (Å²) < 4.78 is 71.0.